The predicted molar refractivity (Wildman–Crippen MR) is 128 cm³/mol. The van der Waals surface area contributed by atoms with E-state index in [1.807, 2.05) is 23.1 Å². The lowest BCUT2D eigenvalue weighted by Crippen LogP contribution is -2.51. The molecular formula is C22H29N7O4S. The molecule has 34 heavy (non-hydrogen) atoms. The number of hydrogen-bond acceptors (Lipinski definition) is 8. The summed E-state index contributed by atoms with van der Waals surface area (Å²) in [7, 11) is 0. The Kier molecular flexibility index (Phi) is 7.78. The first-order valence-electron chi connectivity index (χ1n) is 11.4. The molecule has 0 saturated carbocycles. The summed E-state index contributed by atoms with van der Waals surface area (Å²) in [6.07, 6.45) is 1.62. The van der Waals surface area contributed by atoms with Crippen LogP contribution in [0.2, 0.25) is 0 Å². The number of carbonyl (C=O) groups excluding carboxylic acids is 3. The number of thiazole rings is 1. The van der Waals surface area contributed by atoms with Gasteiger partial charge in [0.05, 0.1) is 18.7 Å². The number of rotatable bonds is 5. The van der Waals surface area contributed by atoms with Crippen LogP contribution >= 0.6 is 11.3 Å². The van der Waals surface area contributed by atoms with Gasteiger partial charge in [-0.3, -0.25) is 10.1 Å². The Morgan fingerprint density at radius 2 is 1.71 bits per heavy atom. The van der Waals surface area contributed by atoms with Crippen molar-refractivity contribution in [2.45, 2.75) is 13.3 Å². The van der Waals surface area contributed by atoms with Gasteiger partial charge in [0.2, 0.25) is 5.91 Å². The lowest BCUT2D eigenvalue weighted by molar-refractivity contribution is -0.130. The van der Waals surface area contributed by atoms with Gasteiger partial charge in [0.1, 0.15) is 5.82 Å². The molecule has 0 spiro atoms. The molecule has 0 atom stereocenters. The molecule has 2 aliphatic rings. The zero-order valence-corrected chi connectivity index (χ0v) is 20.0. The largest absolute Gasteiger partial charge is 0.450 e. The van der Waals surface area contributed by atoms with Crippen LogP contribution in [0.25, 0.3) is 0 Å². The third-order valence-electron chi connectivity index (χ3n) is 5.80. The standard InChI is InChI=1S/C22H29N7O4S/c1-2-33-22(32)29-13-11-28(12-14-29)21(31)25-20-24-17(16-34-20)15-19(30)27-9-7-26(8-10-27)18-5-3-4-6-23-18/h3-6,16H,2,7-15H2,1H3,(H,24,25,31). The van der Waals surface area contributed by atoms with Crippen LogP contribution in [0.5, 0.6) is 0 Å². The molecule has 0 aliphatic carbocycles. The fourth-order valence-electron chi connectivity index (χ4n) is 3.92. The lowest BCUT2D eigenvalue weighted by Gasteiger charge is -2.35. The highest BCUT2D eigenvalue weighted by Gasteiger charge is 2.26. The molecule has 0 radical (unpaired) electrons. The molecule has 2 aromatic heterocycles. The second-order valence-electron chi connectivity index (χ2n) is 7.98. The first-order valence-corrected chi connectivity index (χ1v) is 12.3. The zero-order valence-electron chi connectivity index (χ0n) is 19.2. The minimum absolute atomic E-state index is 0.0268. The van der Waals surface area contributed by atoms with Crippen molar-refractivity contribution in [3.05, 3.63) is 35.5 Å². The molecule has 2 aromatic rings. The van der Waals surface area contributed by atoms with Gasteiger partial charge in [-0.15, -0.1) is 11.3 Å². The van der Waals surface area contributed by atoms with E-state index in [9.17, 15) is 14.4 Å². The summed E-state index contributed by atoms with van der Waals surface area (Å²) in [5.41, 5.74) is 0.643. The Morgan fingerprint density at radius 1 is 1.00 bits per heavy atom. The van der Waals surface area contributed by atoms with Crippen molar-refractivity contribution < 1.29 is 19.1 Å². The molecule has 2 fully saturated rings. The molecule has 12 heteroatoms. The summed E-state index contributed by atoms with van der Waals surface area (Å²) in [6.45, 7) is 6.56. The summed E-state index contributed by atoms with van der Waals surface area (Å²) in [5, 5.41) is 5.06. The molecule has 0 unspecified atom stereocenters. The number of anilines is 2. The molecule has 0 aromatic carbocycles. The van der Waals surface area contributed by atoms with Crippen molar-refractivity contribution in [3.8, 4) is 0 Å². The molecule has 2 aliphatic heterocycles. The number of amides is 4. The molecule has 1 N–H and O–H groups in total. The summed E-state index contributed by atoms with van der Waals surface area (Å²) in [6, 6.07) is 5.56. The maximum atomic E-state index is 12.7. The van der Waals surface area contributed by atoms with E-state index < -0.39 is 0 Å². The minimum atomic E-state index is -0.352. The molecule has 182 valence electrons. The minimum Gasteiger partial charge on any atom is -0.450 e. The van der Waals surface area contributed by atoms with Crippen LogP contribution in [0.3, 0.4) is 0 Å². The number of pyridine rings is 1. The molecule has 4 rings (SSSR count). The second kappa shape index (κ2) is 11.1. The topological polar surface area (TPSA) is 111 Å². The van der Waals surface area contributed by atoms with Gasteiger partial charge in [0.15, 0.2) is 5.13 Å². The van der Waals surface area contributed by atoms with Gasteiger partial charge in [-0.1, -0.05) is 6.07 Å². The number of carbonyl (C=O) groups is 3. The van der Waals surface area contributed by atoms with Gasteiger partial charge >= 0.3 is 12.1 Å². The Labute approximate surface area is 202 Å². The fourth-order valence-corrected chi connectivity index (χ4v) is 4.62. The van der Waals surface area contributed by atoms with Gasteiger partial charge in [-0.2, -0.15) is 0 Å². The number of piperazine rings is 2. The zero-order chi connectivity index (χ0) is 23.9. The van der Waals surface area contributed by atoms with Gasteiger partial charge in [0, 0.05) is 63.9 Å². The number of nitrogens with one attached hydrogen (secondary N) is 1. The first-order chi connectivity index (χ1) is 16.5. The number of ether oxygens (including phenoxy) is 1. The normalized spacial score (nSPS) is 16.4. The highest BCUT2D eigenvalue weighted by atomic mass is 32.1. The van der Waals surface area contributed by atoms with Crippen LogP contribution < -0.4 is 10.2 Å². The Hall–Kier alpha value is -3.41. The van der Waals surface area contributed by atoms with Crippen LogP contribution in [0, 0.1) is 0 Å². The van der Waals surface area contributed by atoms with Gasteiger partial charge in [-0.25, -0.2) is 19.6 Å². The average Bonchev–Trinajstić information content (AvgIpc) is 3.31. The van der Waals surface area contributed by atoms with Crippen molar-refractivity contribution >= 4 is 40.3 Å². The highest BCUT2D eigenvalue weighted by Crippen LogP contribution is 2.18. The van der Waals surface area contributed by atoms with Gasteiger partial charge in [-0.05, 0) is 19.1 Å². The third-order valence-corrected chi connectivity index (χ3v) is 6.60. The summed E-state index contributed by atoms with van der Waals surface area (Å²) in [5.74, 6) is 0.954. The van der Waals surface area contributed by atoms with E-state index >= 15 is 0 Å². The Balaban J connectivity index is 1.21. The Bertz CT molecular complexity index is 986. The predicted octanol–water partition coefficient (Wildman–Crippen LogP) is 1.74. The molecule has 2 saturated heterocycles. The van der Waals surface area contributed by atoms with Gasteiger partial charge in [0.25, 0.3) is 0 Å². The molecule has 0 bridgehead atoms. The molecule has 4 amide bonds. The van der Waals surface area contributed by atoms with Crippen molar-refractivity contribution in [2.24, 2.45) is 0 Å². The van der Waals surface area contributed by atoms with Crippen molar-refractivity contribution in [2.75, 3.05) is 69.2 Å². The molecular weight excluding hydrogens is 458 g/mol. The van der Waals surface area contributed by atoms with Crippen LogP contribution in [-0.2, 0) is 16.0 Å². The van der Waals surface area contributed by atoms with Crippen LogP contribution in [0.1, 0.15) is 12.6 Å². The van der Waals surface area contributed by atoms with Crippen molar-refractivity contribution in [3.63, 3.8) is 0 Å². The number of hydrogen-bond donors (Lipinski definition) is 1. The van der Waals surface area contributed by atoms with E-state index in [-0.39, 0.29) is 24.5 Å². The maximum Gasteiger partial charge on any atom is 0.409 e. The van der Waals surface area contributed by atoms with E-state index in [0.29, 0.717) is 56.7 Å². The van der Waals surface area contributed by atoms with Crippen LogP contribution in [0.4, 0.5) is 20.5 Å². The summed E-state index contributed by atoms with van der Waals surface area (Å²) < 4.78 is 5.00. The maximum absolute atomic E-state index is 12.7. The average molecular weight is 488 g/mol. The monoisotopic (exact) mass is 487 g/mol. The van der Waals surface area contributed by atoms with E-state index in [4.69, 9.17) is 4.74 Å². The highest BCUT2D eigenvalue weighted by molar-refractivity contribution is 7.13. The molecule has 4 heterocycles. The molecule has 11 nitrogen and oxygen atoms in total. The number of nitrogens with zero attached hydrogens (tertiary/aromatic N) is 6. The lowest BCUT2D eigenvalue weighted by atomic mass is 10.2. The van der Waals surface area contributed by atoms with E-state index in [2.05, 4.69) is 20.2 Å². The summed E-state index contributed by atoms with van der Waals surface area (Å²) >= 11 is 1.30. The van der Waals surface area contributed by atoms with E-state index in [1.165, 1.54) is 11.3 Å². The first kappa shape index (κ1) is 23.7. The van der Waals surface area contributed by atoms with E-state index in [1.54, 1.807) is 28.3 Å². The van der Waals surface area contributed by atoms with Crippen LogP contribution in [-0.4, -0.2) is 102 Å². The second-order valence-corrected chi connectivity index (χ2v) is 8.84. The fraction of sp³-hybridized carbons (Fsp3) is 0.500. The Morgan fingerprint density at radius 3 is 2.38 bits per heavy atom. The quantitative estimate of drug-likeness (QED) is 0.684. The SMILES string of the molecule is CCOC(=O)N1CCN(C(=O)Nc2nc(CC(=O)N3CCN(c4ccccn4)CC3)cs2)CC1. The number of aromatic nitrogens is 2. The van der Waals surface area contributed by atoms with Crippen molar-refractivity contribution in [1.82, 2.24) is 24.7 Å². The smallest absolute Gasteiger partial charge is 0.409 e. The third kappa shape index (κ3) is 5.93. The van der Waals surface area contributed by atoms with E-state index in [0.717, 1.165) is 18.9 Å². The number of urea groups is 1. The van der Waals surface area contributed by atoms with Crippen LogP contribution in [0.15, 0.2) is 29.8 Å². The summed E-state index contributed by atoms with van der Waals surface area (Å²) in [4.78, 5) is 53.1. The van der Waals surface area contributed by atoms with Gasteiger partial charge < -0.3 is 24.3 Å². The van der Waals surface area contributed by atoms with Crippen molar-refractivity contribution in [1.29, 1.82) is 0 Å².